The van der Waals surface area contributed by atoms with Crippen molar-refractivity contribution in [1.82, 2.24) is 15.3 Å². The van der Waals surface area contributed by atoms with E-state index in [2.05, 4.69) is 15.3 Å². The van der Waals surface area contributed by atoms with Crippen molar-refractivity contribution < 1.29 is 4.74 Å². The minimum atomic E-state index is 0.261. The van der Waals surface area contributed by atoms with E-state index in [0.29, 0.717) is 5.88 Å². The highest BCUT2D eigenvalue weighted by Crippen LogP contribution is 2.15. The molecule has 1 aromatic heterocycles. The molecular weight excluding hydrogens is 178 g/mol. The van der Waals surface area contributed by atoms with Gasteiger partial charge < -0.3 is 10.1 Å². The molecule has 0 saturated carbocycles. The van der Waals surface area contributed by atoms with Crippen LogP contribution in [0.1, 0.15) is 18.4 Å². The third kappa shape index (κ3) is 2.20. The smallest absolute Gasteiger partial charge is 0.219 e. The molecule has 0 aliphatic carbocycles. The molecule has 1 N–H and O–H groups in total. The molecule has 14 heavy (non-hydrogen) atoms. The first kappa shape index (κ1) is 9.40. The Balaban J connectivity index is 1.99. The second-order valence-electron chi connectivity index (χ2n) is 3.60. The summed E-state index contributed by atoms with van der Waals surface area (Å²) in [4.78, 5) is 8.04. The number of aryl methyl sites for hydroxylation is 1. The Bertz CT molecular complexity index is 297. The second-order valence-corrected chi connectivity index (χ2v) is 3.60. The highest BCUT2D eigenvalue weighted by atomic mass is 16.5. The quantitative estimate of drug-likeness (QED) is 0.758. The van der Waals surface area contributed by atoms with Crippen LogP contribution in [0.25, 0.3) is 0 Å². The molecule has 1 aromatic rings. The van der Waals surface area contributed by atoms with Crippen LogP contribution in [0.15, 0.2) is 12.5 Å². The number of hydrogen-bond acceptors (Lipinski definition) is 4. The first-order valence-electron chi connectivity index (χ1n) is 5.00. The molecule has 1 aliphatic rings. The van der Waals surface area contributed by atoms with E-state index in [0.717, 1.165) is 25.1 Å². The van der Waals surface area contributed by atoms with Gasteiger partial charge in [0.25, 0.3) is 0 Å². The fourth-order valence-corrected chi connectivity index (χ4v) is 1.59. The van der Waals surface area contributed by atoms with Crippen molar-refractivity contribution in [2.45, 2.75) is 25.9 Å². The maximum absolute atomic E-state index is 5.77. The zero-order chi connectivity index (χ0) is 9.80. The van der Waals surface area contributed by atoms with Gasteiger partial charge in [-0.3, -0.25) is 0 Å². The van der Waals surface area contributed by atoms with Gasteiger partial charge in [0.05, 0.1) is 0 Å². The van der Waals surface area contributed by atoms with Crippen LogP contribution in [0.4, 0.5) is 0 Å². The van der Waals surface area contributed by atoms with Crippen molar-refractivity contribution in [3.05, 3.63) is 18.1 Å². The molecule has 1 saturated heterocycles. The Morgan fingerprint density at radius 2 is 2.50 bits per heavy atom. The molecule has 4 nitrogen and oxygen atoms in total. The lowest BCUT2D eigenvalue weighted by Gasteiger charge is -2.23. The third-order valence-corrected chi connectivity index (χ3v) is 2.38. The summed E-state index contributed by atoms with van der Waals surface area (Å²) >= 11 is 0. The fourth-order valence-electron chi connectivity index (χ4n) is 1.59. The van der Waals surface area contributed by atoms with Gasteiger partial charge in [0.15, 0.2) is 0 Å². The molecule has 2 heterocycles. The van der Waals surface area contributed by atoms with Gasteiger partial charge in [-0.15, -0.1) is 0 Å². The minimum Gasteiger partial charge on any atom is -0.473 e. The highest BCUT2D eigenvalue weighted by molar-refractivity contribution is 5.20. The van der Waals surface area contributed by atoms with Gasteiger partial charge in [0.2, 0.25) is 5.88 Å². The van der Waals surface area contributed by atoms with Crippen molar-refractivity contribution in [3.8, 4) is 5.88 Å². The molecule has 1 fully saturated rings. The predicted octanol–water partition coefficient (Wildman–Crippen LogP) is 0.916. The van der Waals surface area contributed by atoms with Crippen LogP contribution in [0.5, 0.6) is 5.88 Å². The summed E-state index contributed by atoms with van der Waals surface area (Å²) in [6.07, 6.45) is 5.85. The molecule has 1 atom stereocenters. The van der Waals surface area contributed by atoms with Crippen molar-refractivity contribution in [1.29, 1.82) is 0 Å². The summed E-state index contributed by atoms with van der Waals surface area (Å²) in [7, 11) is 0. The van der Waals surface area contributed by atoms with Crippen LogP contribution in [0.3, 0.4) is 0 Å². The van der Waals surface area contributed by atoms with E-state index in [4.69, 9.17) is 4.74 Å². The number of piperidine rings is 1. The van der Waals surface area contributed by atoms with Gasteiger partial charge >= 0.3 is 0 Å². The summed E-state index contributed by atoms with van der Waals surface area (Å²) in [5.74, 6) is 0.716. The average molecular weight is 193 g/mol. The lowest BCUT2D eigenvalue weighted by Crippen LogP contribution is -2.37. The summed E-state index contributed by atoms with van der Waals surface area (Å²) in [5, 5.41) is 3.31. The van der Waals surface area contributed by atoms with Crippen LogP contribution in [-0.2, 0) is 0 Å². The summed E-state index contributed by atoms with van der Waals surface area (Å²) in [6.45, 7) is 3.98. The maximum atomic E-state index is 5.77. The van der Waals surface area contributed by atoms with Crippen LogP contribution < -0.4 is 10.1 Å². The van der Waals surface area contributed by atoms with Gasteiger partial charge in [-0.1, -0.05) is 0 Å². The molecule has 0 bridgehead atoms. The van der Waals surface area contributed by atoms with Crippen molar-refractivity contribution in [2.75, 3.05) is 13.1 Å². The standard InChI is InChI=1S/C10H15N3O/c1-8-5-12-7-13-10(8)14-9-3-2-4-11-6-9/h5,7,9,11H,2-4,6H2,1H3/t9-/m1/s1. The van der Waals surface area contributed by atoms with Crippen LogP contribution in [-0.4, -0.2) is 29.2 Å². The molecule has 2 rings (SSSR count). The van der Waals surface area contributed by atoms with E-state index in [1.54, 1.807) is 6.20 Å². The van der Waals surface area contributed by atoms with Gasteiger partial charge in [0.1, 0.15) is 12.4 Å². The Hall–Kier alpha value is -1.16. The lowest BCUT2D eigenvalue weighted by atomic mass is 10.1. The zero-order valence-corrected chi connectivity index (χ0v) is 8.36. The van der Waals surface area contributed by atoms with Crippen LogP contribution in [0, 0.1) is 6.92 Å². The third-order valence-electron chi connectivity index (χ3n) is 2.38. The van der Waals surface area contributed by atoms with Gasteiger partial charge in [-0.05, 0) is 26.3 Å². The van der Waals surface area contributed by atoms with E-state index in [1.807, 2.05) is 6.92 Å². The van der Waals surface area contributed by atoms with E-state index in [-0.39, 0.29) is 6.10 Å². The van der Waals surface area contributed by atoms with Crippen LogP contribution >= 0.6 is 0 Å². The Morgan fingerprint density at radius 3 is 3.21 bits per heavy atom. The first-order chi connectivity index (χ1) is 6.86. The van der Waals surface area contributed by atoms with Gasteiger partial charge in [-0.2, -0.15) is 0 Å². The number of nitrogens with zero attached hydrogens (tertiary/aromatic N) is 2. The number of ether oxygens (including phenoxy) is 1. The number of nitrogens with one attached hydrogen (secondary N) is 1. The summed E-state index contributed by atoms with van der Waals surface area (Å²) in [6, 6.07) is 0. The van der Waals surface area contributed by atoms with Crippen molar-refractivity contribution in [2.24, 2.45) is 0 Å². The van der Waals surface area contributed by atoms with Gasteiger partial charge in [0, 0.05) is 18.3 Å². The van der Waals surface area contributed by atoms with E-state index < -0.39 is 0 Å². The molecule has 0 unspecified atom stereocenters. The van der Waals surface area contributed by atoms with Crippen LogP contribution in [0.2, 0.25) is 0 Å². The molecule has 0 amide bonds. The number of aromatic nitrogens is 2. The normalized spacial score (nSPS) is 21.9. The van der Waals surface area contributed by atoms with Gasteiger partial charge in [-0.25, -0.2) is 9.97 Å². The molecule has 0 spiro atoms. The predicted molar refractivity (Wildman–Crippen MR) is 53.3 cm³/mol. The van der Waals surface area contributed by atoms with E-state index >= 15 is 0 Å². The average Bonchev–Trinajstić information content (AvgIpc) is 2.23. The van der Waals surface area contributed by atoms with Crippen molar-refractivity contribution >= 4 is 0 Å². The van der Waals surface area contributed by atoms with Crippen molar-refractivity contribution in [3.63, 3.8) is 0 Å². The Kier molecular flexibility index (Phi) is 2.93. The maximum Gasteiger partial charge on any atom is 0.219 e. The summed E-state index contributed by atoms with van der Waals surface area (Å²) in [5.41, 5.74) is 0.998. The molecule has 1 aliphatic heterocycles. The zero-order valence-electron chi connectivity index (χ0n) is 8.36. The fraction of sp³-hybridized carbons (Fsp3) is 0.600. The van der Waals surface area contributed by atoms with E-state index in [9.17, 15) is 0 Å². The minimum absolute atomic E-state index is 0.261. The SMILES string of the molecule is Cc1cncnc1O[C@@H]1CCCNC1. The molecule has 0 radical (unpaired) electrons. The molecule has 76 valence electrons. The highest BCUT2D eigenvalue weighted by Gasteiger charge is 2.15. The monoisotopic (exact) mass is 193 g/mol. The van der Waals surface area contributed by atoms with E-state index in [1.165, 1.54) is 12.7 Å². The molecular formula is C10H15N3O. The summed E-state index contributed by atoms with van der Waals surface area (Å²) < 4.78 is 5.77. The number of hydrogen-bond donors (Lipinski definition) is 1. The first-order valence-corrected chi connectivity index (χ1v) is 5.00. The second kappa shape index (κ2) is 4.37. The Labute approximate surface area is 83.7 Å². The Morgan fingerprint density at radius 1 is 1.57 bits per heavy atom. The molecule has 4 heteroatoms. The molecule has 0 aromatic carbocycles. The topological polar surface area (TPSA) is 47.0 Å². The largest absolute Gasteiger partial charge is 0.473 e. The number of rotatable bonds is 2. The lowest BCUT2D eigenvalue weighted by molar-refractivity contribution is 0.159.